The van der Waals surface area contributed by atoms with E-state index in [1.165, 1.54) is 4.68 Å². The van der Waals surface area contributed by atoms with Crippen LogP contribution in [-0.2, 0) is 0 Å². The van der Waals surface area contributed by atoms with Crippen molar-refractivity contribution in [1.29, 1.82) is 0 Å². The van der Waals surface area contributed by atoms with E-state index in [9.17, 15) is 0 Å². The Hall–Kier alpha value is -1.30. The molecule has 0 spiro atoms. The van der Waals surface area contributed by atoms with Crippen molar-refractivity contribution in [1.82, 2.24) is 9.66 Å². The topological polar surface area (TPSA) is 81.9 Å². The van der Waals surface area contributed by atoms with Crippen LogP contribution in [0.1, 0.15) is 0 Å². The molecule has 11 heavy (non-hydrogen) atoms. The zero-order valence-corrected chi connectivity index (χ0v) is 6.85. The van der Waals surface area contributed by atoms with Crippen LogP contribution in [0.3, 0.4) is 0 Å². The molecular formula is C5H9N5S. The fraction of sp³-hybridized carbons (Fsp3) is 0.200. The monoisotopic (exact) mass is 171 g/mol. The van der Waals surface area contributed by atoms with Crippen molar-refractivity contribution in [3.05, 3.63) is 10.8 Å². The summed E-state index contributed by atoms with van der Waals surface area (Å²) in [6, 6.07) is 1.61. The number of nitrogen functional groups attached to an aromatic ring is 2. The molecule has 0 bridgehead atoms. The van der Waals surface area contributed by atoms with E-state index in [2.05, 4.69) is 10.3 Å². The molecule has 0 aliphatic rings. The molecule has 0 aromatic carbocycles. The van der Waals surface area contributed by atoms with Crippen molar-refractivity contribution in [2.75, 3.05) is 23.9 Å². The zero-order valence-electron chi connectivity index (χ0n) is 6.03. The number of hydrogen-bond acceptors (Lipinski definition) is 5. The summed E-state index contributed by atoms with van der Waals surface area (Å²) in [5, 5.41) is 2.83. The Morgan fingerprint density at radius 3 is 2.91 bits per heavy atom. The average Bonchev–Trinajstić information content (AvgIpc) is 1.96. The lowest BCUT2D eigenvalue weighted by atomic mass is 10.5. The summed E-state index contributed by atoms with van der Waals surface area (Å²) in [4.78, 5) is 3.77. The first-order chi connectivity index (χ1) is 5.15. The predicted octanol–water partition coefficient (Wildman–Crippen LogP) is -0.0497. The number of nitrogens with one attached hydrogen (secondary N) is 1. The van der Waals surface area contributed by atoms with Gasteiger partial charge in [0.25, 0.3) is 0 Å². The molecule has 0 amide bonds. The van der Waals surface area contributed by atoms with E-state index in [1.807, 2.05) is 0 Å². The van der Waals surface area contributed by atoms with Crippen molar-refractivity contribution in [2.45, 2.75) is 0 Å². The van der Waals surface area contributed by atoms with Crippen molar-refractivity contribution in [3.8, 4) is 0 Å². The second-order valence-corrected chi connectivity index (χ2v) is 2.33. The highest BCUT2D eigenvalue weighted by molar-refractivity contribution is 7.71. The fourth-order valence-electron chi connectivity index (χ4n) is 0.702. The molecule has 1 heterocycles. The average molecular weight is 171 g/mol. The Balaban J connectivity index is 3.36. The first-order valence-corrected chi connectivity index (χ1v) is 3.38. The standard InChI is InChI=1S/C5H9N5S/c1-8-4-2-3(6)9-5(11)10(4)7/h2,8H,7H2,1H3,(H2,6,9,11). The predicted molar refractivity (Wildman–Crippen MR) is 47.2 cm³/mol. The summed E-state index contributed by atoms with van der Waals surface area (Å²) < 4.78 is 1.51. The second kappa shape index (κ2) is 2.75. The van der Waals surface area contributed by atoms with E-state index in [0.29, 0.717) is 11.6 Å². The Kier molecular flexibility index (Phi) is 1.95. The van der Waals surface area contributed by atoms with Crippen LogP contribution in [0, 0.1) is 4.77 Å². The maximum absolute atomic E-state index is 5.49. The van der Waals surface area contributed by atoms with Gasteiger partial charge in [0.2, 0.25) is 4.77 Å². The summed E-state index contributed by atoms with van der Waals surface area (Å²) in [6.07, 6.45) is 0. The van der Waals surface area contributed by atoms with Crippen LogP contribution >= 0.6 is 12.2 Å². The number of aromatic nitrogens is 2. The molecule has 0 radical (unpaired) electrons. The summed E-state index contributed by atoms with van der Waals surface area (Å²) >= 11 is 4.80. The van der Waals surface area contributed by atoms with Crippen LogP contribution in [-0.4, -0.2) is 16.7 Å². The number of nitrogens with two attached hydrogens (primary N) is 2. The molecule has 0 saturated heterocycles. The Morgan fingerprint density at radius 2 is 2.36 bits per heavy atom. The number of anilines is 2. The SMILES string of the molecule is CNc1cc(N)nc(=S)n1N. The van der Waals surface area contributed by atoms with E-state index in [0.717, 1.165) is 0 Å². The van der Waals surface area contributed by atoms with Gasteiger partial charge in [-0.1, -0.05) is 0 Å². The van der Waals surface area contributed by atoms with E-state index < -0.39 is 0 Å². The third-order valence-corrected chi connectivity index (χ3v) is 1.52. The molecule has 60 valence electrons. The van der Waals surface area contributed by atoms with E-state index in [4.69, 9.17) is 23.8 Å². The van der Waals surface area contributed by atoms with Crippen LogP contribution in [0.25, 0.3) is 0 Å². The van der Waals surface area contributed by atoms with Crippen molar-refractivity contribution in [2.24, 2.45) is 0 Å². The molecule has 0 fully saturated rings. The van der Waals surface area contributed by atoms with Gasteiger partial charge in [0.1, 0.15) is 11.6 Å². The largest absolute Gasteiger partial charge is 0.383 e. The fourth-order valence-corrected chi connectivity index (χ4v) is 0.906. The lowest BCUT2D eigenvalue weighted by molar-refractivity contribution is 0.920. The van der Waals surface area contributed by atoms with Crippen LogP contribution < -0.4 is 16.9 Å². The highest BCUT2D eigenvalue weighted by Crippen LogP contribution is 2.06. The van der Waals surface area contributed by atoms with Gasteiger partial charge in [-0.05, 0) is 12.2 Å². The smallest absolute Gasteiger partial charge is 0.221 e. The third-order valence-electron chi connectivity index (χ3n) is 1.23. The molecule has 1 aromatic rings. The highest BCUT2D eigenvalue weighted by atomic mass is 32.1. The van der Waals surface area contributed by atoms with Gasteiger partial charge in [-0.2, -0.15) is 0 Å². The minimum Gasteiger partial charge on any atom is -0.383 e. The lowest BCUT2D eigenvalue weighted by Gasteiger charge is -2.06. The lowest BCUT2D eigenvalue weighted by Crippen LogP contribution is -2.16. The minimum atomic E-state index is 0.259. The summed E-state index contributed by atoms with van der Waals surface area (Å²) in [6.45, 7) is 0. The van der Waals surface area contributed by atoms with Gasteiger partial charge in [-0.3, -0.25) is 0 Å². The first-order valence-electron chi connectivity index (χ1n) is 2.97. The number of rotatable bonds is 1. The third kappa shape index (κ3) is 1.40. The van der Waals surface area contributed by atoms with E-state index in [1.54, 1.807) is 13.1 Å². The van der Waals surface area contributed by atoms with Crippen LogP contribution in [0.5, 0.6) is 0 Å². The molecule has 5 nitrogen and oxygen atoms in total. The molecule has 0 saturated carbocycles. The maximum atomic E-state index is 5.49. The maximum Gasteiger partial charge on any atom is 0.221 e. The Bertz CT molecular complexity index is 317. The van der Waals surface area contributed by atoms with Crippen molar-refractivity contribution in [3.63, 3.8) is 0 Å². The van der Waals surface area contributed by atoms with Crippen molar-refractivity contribution < 1.29 is 0 Å². The van der Waals surface area contributed by atoms with Gasteiger partial charge < -0.3 is 16.9 Å². The Labute approximate surface area is 69.0 Å². The number of nitrogens with zero attached hydrogens (tertiary/aromatic N) is 2. The van der Waals surface area contributed by atoms with Crippen LogP contribution in [0.4, 0.5) is 11.6 Å². The van der Waals surface area contributed by atoms with Crippen LogP contribution in [0.15, 0.2) is 6.07 Å². The van der Waals surface area contributed by atoms with E-state index in [-0.39, 0.29) is 4.77 Å². The van der Waals surface area contributed by atoms with Gasteiger partial charge in [0, 0.05) is 13.1 Å². The van der Waals surface area contributed by atoms with Gasteiger partial charge in [0.15, 0.2) is 0 Å². The van der Waals surface area contributed by atoms with Gasteiger partial charge in [0.05, 0.1) is 0 Å². The zero-order chi connectivity index (χ0) is 8.43. The summed E-state index contributed by atoms with van der Waals surface area (Å²) in [7, 11) is 1.73. The summed E-state index contributed by atoms with van der Waals surface area (Å²) in [5.74, 6) is 6.50. The molecule has 5 N–H and O–H groups in total. The quantitative estimate of drug-likeness (QED) is 0.407. The van der Waals surface area contributed by atoms with Gasteiger partial charge in [-0.25, -0.2) is 9.66 Å². The first kappa shape index (κ1) is 7.80. The number of hydrogen-bond donors (Lipinski definition) is 3. The molecular weight excluding hydrogens is 162 g/mol. The molecule has 6 heteroatoms. The molecule has 1 rings (SSSR count). The molecule has 0 unspecified atom stereocenters. The van der Waals surface area contributed by atoms with Gasteiger partial charge in [-0.15, -0.1) is 0 Å². The summed E-state index contributed by atoms with van der Waals surface area (Å²) in [5.41, 5.74) is 5.42. The Morgan fingerprint density at radius 1 is 1.73 bits per heavy atom. The second-order valence-electron chi connectivity index (χ2n) is 1.97. The molecule has 0 atom stereocenters. The van der Waals surface area contributed by atoms with Crippen LogP contribution in [0.2, 0.25) is 0 Å². The van der Waals surface area contributed by atoms with Gasteiger partial charge >= 0.3 is 0 Å². The minimum absolute atomic E-state index is 0.259. The normalized spacial score (nSPS) is 9.55. The molecule has 0 aliphatic heterocycles. The highest BCUT2D eigenvalue weighted by Gasteiger charge is 1.97. The van der Waals surface area contributed by atoms with E-state index >= 15 is 0 Å². The molecule has 1 aromatic heterocycles. The van der Waals surface area contributed by atoms with Crippen molar-refractivity contribution >= 4 is 23.9 Å². The molecule has 0 aliphatic carbocycles.